The van der Waals surface area contributed by atoms with E-state index in [-0.39, 0.29) is 16.3 Å². The first-order valence-electron chi connectivity index (χ1n) is 7.63. The highest BCUT2D eigenvalue weighted by Crippen LogP contribution is 2.35. The molecular weight excluding hydrogens is 316 g/mol. The van der Waals surface area contributed by atoms with Crippen LogP contribution in [0.3, 0.4) is 0 Å². The maximum atomic E-state index is 11.4. The van der Waals surface area contributed by atoms with Gasteiger partial charge in [-0.05, 0) is 33.5 Å². The third kappa shape index (κ3) is 3.59. The number of aliphatic imine (C=N–C) groups is 1. The SMILES string of the molecule is CCN=Cc1c(N2CC[C@@H](N(C)C)C2)cc(Cl)c(C(=O)O)c1N. The number of benzene rings is 1. The van der Waals surface area contributed by atoms with Gasteiger partial charge in [-0.3, -0.25) is 4.99 Å². The van der Waals surface area contributed by atoms with Crippen molar-refractivity contribution in [2.45, 2.75) is 19.4 Å². The fourth-order valence-corrected chi connectivity index (χ4v) is 3.14. The molecule has 0 amide bonds. The van der Waals surface area contributed by atoms with Crippen molar-refractivity contribution in [1.29, 1.82) is 0 Å². The molecule has 1 saturated heterocycles. The highest BCUT2D eigenvalue weighted by Gasteiger charge is 2.28. The van der Waals surface area contributed by atoms with E-state index in [9.17, 15) is 9.90 Å². The van der Waals surface area contributed by atoms with Gasteiger partial charge in [0, 0.05) is 43.1 Å². The van der Waals surface area contributed by atoms with Gasteiger partial charge in [-0.1, -0.05) is 11.6 Å². The summed E-state index contributed by atoms with van der Waals surface area (Å²) in [4.78, 5) is 20.0. The molecule has 1 heterocycles. The number of likely N-dealkylation sites (N-methyl/N-ethyl adjacent to an activating group) is 1. The Morgan fingerprint density at radius 1 is 1.61 bits per heavy atom. The van der Waals surface area contributed by atoms with E-state index in [0.717, 1.165) is 25.2 Å². The molecule has 1 aliphatic heterocycles. The number of aromatic carboxylic acids is 1. The lowest BCUT2D eigenvalue weighted by atomic mass is 10.0. The number of anilines is 2. The number of nitrogen functional groups attached to an aromatic ring is 1. The van der Waals surface area contributed by atoms with E-state index < -0.39 is 5.97 Å². The minimum atomic E-state index is -1.13. The second-order valence-electron chi connectivity index (χ2n) is 5.87. The van der Waals surface area contributed by atoms with Gasteiger partial charge in [-0.15, -0.1) is 0 Å². The van der Waals surface area contributed by atoms with Crippen LogP contribution in [0.15, 0.2) is 11.1 Å². The topological polar surface area (TPSA) is 82.2 Å². The summed E-state index contributed by atoms with van der Waals surface area (Å²) in [5.74, 6) is -1.13. The van der Waals surface area contributed by atoms with Crippen molar-refractivity contribution < 1.29 is 9.90 Å². The Morgan fingerprint density at radius 2 is 2.30 bits per heavy atom. The lowest BCUT2D eigenvalue weighted by Gasteiger charge is -2.25. The van der Waals surface area contributed by atoms with Crippen LogP contribution in [0.1, 0.15) is 29.3 Å². The minimum absolute atomic E-state index is 0.0590. The number of nitrogens with zero attached hydrogens (tertiary/aromatic N) is 3. The largest absolute Gasteiger partial charge is 0.478 e. The number of hydrogen-bond acceptors (Lipinski definition) is 5. The summed E-state index contributed by atoms with van der Waals surface area (Å²) in [5, 5.41) is 9.50. The first kappa shape index (κ1) is 17.6. The van der Waals surface area contributed by atoms with Crippen molar-refractivity contribution in [3.63, 3.8) is 0 Å². The van der Waals surface area contributed by atoms with Gasteiger partial charge >= 0.3 is 5.97 Å². The van der Waals surface area contributed by atoms with Crippen molar-refractivity contribution in [3.8, 4) is 0 Å². The van der Waals surface area contributed by atoms with Gasteiger partial charge < -0.3 is 20.6 Å². The van der Waals surface area contributed by atoms with E-state index in [1.165, 1.54) is 0 Å². The van der Waals surface area contributed by atoms with Crippen LogP contribution in [0.5, 0.6) is 0 Å². The van der Waals surface area contributed by atoms with Crippen LogP contribution in [-0.4, -0.2) is 62.0 Å². The number of halogens is 1. The van der Waals surface area contributed by atoms with Crippen LogP contribution in [0, 0.1) is 0 Å². The predicted octanol–water partition coefficient (Wildman–Crippen LogP) is 2.20. The number of carboxylic acids is 1. The highest BCUT2D eigenvalue weighted by atomic mass is 35.5. The average Bonchev–Trinajstić information content (AvgIpc) is 2.95. The number of carboxylic acid groups (broad SMARTS) is 1. The zero-order valence-corrected chi connectivity index (χ0v) is 14.5. The van der Waals surface area contributed by atoms with Crippen LogP contribution in [0.2, 0.25) is 5.02 Å². The number of hydrogen-bond donors (Lipinski definition) is 2. The lowest BCUT2D eigenvalue weighted by Crippen LogP contribution is -2.32. The lowest BCUT2D eigenvalue weighted by molar-refractivity contribution is 0.0698. The van der Waals surface area contributed by atoms with Crippen molar-refractivity contribution in [2.75, 3.05) is 44.4 Å². The maximum absolute atomic E-state index is 11.4. The van der Waals surface area contributed by atoms with Crippen LogP contribution < -0.4 is 10.6 Å². The summed E-state index contributed by atoms with van der Waals surface area (Å²) < 4.78 is 0. The summed E-state index contributed by atoms with van der Waals surface area (Å²) in [6, 6.07) is 2.14. The first-order valence-corrected chi connectivity index (χ1v) is 8.01. The molecule has 0 saturated carbocycles. The normalized spacial score (nSPS) is 18.3. The summed E-state index contributed by atoms with van der Waals surface area (Å²) in [6.07, 6.45) is 2.69. The van der Waals surface area contributed by atoms with Gasteiger partial charge in [0.25, 0.3) is 0 Å². The van der Waals surface area contributed by atoms with Gasteiger partial charge in [0.1, 0.15) is 5.56 Å². The maximum Gasteiger partial charge on any atom is 0.339 e. The second kappa shape index (κ2) is 7.19. The summed E-state index contributed by atoms with van der Waals surface area (Å²) in [5.41, 5.74) is 7.69. The Bertz CT molecular complexity index is 631. The number of nitrogens with two attached hydrogens (primary N) is 1. The van der Waals surface area contributed by atoms with Crippen LogP contribution >= 0.6 is 11.6 Å². The Hall–Kier alpha value is -1.79. The molecule has 6 nitrogen and oxygen atoms in total. The van der Waals surface area contributed by atoms with Gasteiger partial charge in [-0.25, -0.2) is 4.79 Å². The van der Waals surface area contributed by atoms with Crippen LogP contribution in [-0.2, 0) is 0 Å². The molecule has 1 aromatic carbocycles. The van der Waals surface area contributed by atoms with E-state index >= 15 is 0 Å². The molecule has 1 fully saturated rings. The van der Waals surface area contributed by atoms with E-state index in [1.54, 1.807) is 12.3 Å². The molecule has 3 N–H and O–H groups in total. The van der Waals surface area contributed by atoms with Gasteiger partial charge in [0.15, 0.2) is 0 Å². The molecule has 0 aliphatic carbocycles. The van der Waals surface area contributed by atoms with Gasteiger partial charge in [0.05, 0.1) is 10.7 Å². The quantitative estimate of drug-likeness (QED) is 0.635. The van der Waals surface area contributed by atoms with Crippen molar-refractivity contribution >= 4 is 35.2 Å². The fraction of sp³-hybridized carbons (Fsp3) is 0.500. The fourth-order valence-electron chi connectivity index (χ4n) is 2.85. The number of rotatable bonds is 5. The Morgan fingerprint density at radius 3 is 2.83 bits per heavy atom. The summed E-state index contributed by atoms with van der Waals surface area (Å²) in [7, 11) is 4.12. The van der Waals surface area contributed by atoms with E-state index in [4.69, 9.17) is 17.3 Å². The zero-order valence-electron chi connectivity index (χ0n) is 13.7. The molecule has 7 heteroatoms. The molecule has 23 heavy (non-hydrogen) atoms. The Labute approximate surface area is 141 Å². The summed E-state index contributed by atoms with van der Waals surface area (Å²) in [6.45, 7) is 4.24. The smallest absolute Gasteiger partial charge is 0.339 e. The standard InChI is InChI=1S/C16H23ClN4O2/c1-4-19-8-11-13(21-6-5-10(9-21)20(2)3)7-12(17)14(15(11)18)16(22)23/h7-8,10H,4-6,9,18H2,1-3H3,(H,22,23)/t10-/m1/s1. The highest BCUT2D eigenvalue weighted by molar-refractivity contribution is 6.35. The van der Waals surface area contributed by atoms with Gasteiger partial charge in [-0.2, -0.15) is 0 Å². The molecule has 0 spiro atoms. The third-order valence-electron chi connectivity index (χ3n) is 4.19. The molecule has 0 aromatic heterocycles. The molecule has 1 atom stereocenters. The Kier molecular flexibility index (Phi) is 5.49. The molecule has 2 rings (SSSR count). The molecule has 126 valence electrons. The predicted molar refractivity (Wildman–Crippen MR) is 95.3 cm³/mol. The monoisotopic (exact) mass is 338 g/mol. The molecule has 1 aromatic rings. The van der Waals surface area contributed by atoms with Crippen molar-refractivity contribution in [3.05, 3.63) is 22.2 Å². The minimum Gasteiger partial charge on any atom is -0.478 e. The van der Waals surface area contributed by atoms with Crippen LogP contribution in [0.4, 0.5) is 11.4 Å². The van der Waals surface area contributed by atoms with E-state index in [1.807, 2.05) is 6.92 Å². The molecule has 0 unspecified atom stereocenters. The van der Waals surface area contributed by atoms with Crippen LogP contribution in [0.25, 0.3) is 0 Å². The van der Waals surface area contributed by atoms with Crippen molar-refractivity contribution in [2.24, 2.45) is 4.99 Å². The summed E-state index contributed by atoms with van der Waals surface area (Å²) >= 11 is 6.17. The number of carbonyl (C=O) groups is 1. The molecule has 1 aliphatic rings. The first-order chi connectivity index (χ1) is 10.9. The van der Waals surface area contributed by atoms with E-state index in [0.29, 0.717) is 18.2 Å². The third-order valence-corrected chi connectivity index (χ3v) is 4.49. The second-order valence-corrected chi connectivity index (χ2v) is 6.27. The molecule has 0 radical (unpaired) electrons. The molecular formula is C16H23ClN4O2. The zero-order chi connectivity index (χ0) is 17.1. The average molecular weight is 339 g/mol. The van der Waals surface area contributed by atoms with E-state index in [2.05, 4.69) is 28.9 Å². The Balaban J connectivity index is 2.50. The van der Waals surface area contributed by atoms with Crippen molar-refractivity contribution in [1.82, 2.24) is 4.90 Å². The van der Waals surface area contributed by atoms with Gasteiger partial charge in [0.2, 0.25) is 0 Å². The molecule has 0 bridgehead atoms.